The molecular weight excluding hydrogens is 359 g/mol. The fourth-order valence-electron chi connectivity index (χ4n) is 3.57. The van der Waals surface area contributed by atoms with Crippen LogP contribution in [-0.2, 0) is 0 Å². The first-order valence-corrected chi connectivity index (χ1v) is 8.77. The number of hydrogen-bond acceptors (Lipinski definition) is 5. The summed E-state index contributed by atoms with van der Waals surface area (Å²) >= 11 is 0. The van der Waals surface area contributed by atoms with Crippen molar-refractivity contribution in [3.05, 3.63) is 88.4 Å². The summed E-state index contributed by atoms with van der Waals surface area (Å²) in [6.07, 6.45) is 1.50. The fraction of sp³-hybridized carbons (Fsp3) is 0.100. The highest BCUT2D eigenvalue weighted by molar-refractivity contribution is 6.58. The van der Waals surface area contributed by atoms with Gasteiger partial charge < -0.3 is 19.4 Å². The van der Waals surface area contributed by atoms with E-state index in [1.807, 2.05) is 30.3 Å². The van der Waals surface area contributed by atoms with Gasteiger partial charge in [0, 0.05) is 21.4 Å². The highest BCUT2D eigenvalue weighted by Gasteiger charge is 2.29. The molecule has 2 aromatic carbocycles. The largest absolute Gasteiger partial charge is 0.488 e. The molecule has 0 aliphatic carbocycles. The predicted molar refractivity (Wildman–Crippen MR) is 106 cm³/mol. The average Bonchev–Trinajstić information content (AvgIpc) is 3.34. The van der Waals surface area contributed by atoms with Crippen LogP contribution in [0.15, 0.2) is 71.3 Å². The lowest BCUT2D eigenvalue weighted by molar-refractivity contribution is -0.482. The number of nitrogens with one attached hydrogen (secondary N) is 1. The van der Waals surface area contributed by atoms with Crippen LogP contribution in [0.3, 0.4) is 0 Å². The highest BCUT2D eigenvalue weighted by atomic mass is 16.6. The molecule has 8 heteroatoms. The Balaban J connectivity index is 1.97. The van der Waals surface area contributed by atoms with E-state index >= 15 is 0 Å². The Hall–Kier alpha value is -3.36. The molecule has 0 amide bonds. The monoisotopic (exact) mass is 376 g/mol. The van der Waals surface area contributed by atoms with Crippen molar-refractivity contribution in [2.75, 3.05) is 6.54 Å². The summed E-state index contributed by atoms with van der Waals surface area (Å²) in [5, 5.41) is 31.3. The topological polar surface area (TPSA) is 113 Å². The van der Waals surface area contributed by atoms with Gasteiger partial charge in [-0.15, -0.1) is 0 Å². The zero-order chi connectivity index (χ0) is 19.7. The van der Waals surface area contributed by atoms with Crippen LogP contribution in [0.4, 0.5) is 0 Å². The Labute approximate surface area is 160 Å². The molecule has 0 aliphatic heterocycles. The summed E-state index contributed by atoms with van der Waals surface area (Å²) in [4.78, 5) is 14.4. The molecule has 2 aromatic heterocycles. The number of nitro groups is 1. The van der Waals surface area contributed by atoms with Crippen LogP contribution in [0.5, 0.6) is 0 Å². The van der Waals surface area contributed by atoms with Crippen molar-refractivity contribution in [3.63, 3.8) is 0 Å². The summed E-state index contributed by atoms with van der Waals surface area (Å²) in [5.41, 5.74) is 3.31. The van der Waals surface area contributed by atoms with Crippen LogP contribution < -0.4 is 5.46 Å². The number of rotatable bonds is 6. The van der Waals surface area contributed by atoms with Crippen molar-refractivity contribution < 1.29 is 19.4 Å². The zero-order valence-corrected chi connectivity index (χ0v) is 14.8. The van der Waals surface area contributed by atoms with Gasteiger partial charge >= 0.3 is 7.12 Å². The molecule has 3 N–H and O–H groups in total. The molecule has 140 valence electrons. The smallest absolute Gasteiger partial charge is 0.468 e. The minimum atomic E-state index is -1.60. The summed E-state index contributed by atoms with van der Waals surface area (Å²) in [7, 11) is -1.60. The Morgan fingerprint density at radius 1 is 1.11 bits per heavy atom. The SMILES string of the molecule is O=[N+]([O-])CC(c1ccco1)c1c(-c2cccc(B(O)O)c2)[nH]c2ccccc12. The van der Waals surface area contributed by atoms with E-state index in [4.69, 9.17) is 4.42 Å². The maximum Gasteiger partial charge on any atom is 0.488 e. The highest BCUT2D eigenvalue weighted by Crippen LogP contribution is 2.38. The quantitative estimate of drug-likeness (QED) is 0.272. The molecule has 0 radical (unpaired) electrons. The molecular formula is C20H17BN2O5. The van der Waals surface area contributed by atoms with Crippen molar-refractivity contribution in [1.29, 1.82) is 0 Å². The van der Waals surface area contributed by atoms with Crippen molar-refractivity contribution >= 4 is 23.5 Å². The first-order chi connectivity index (χ1) is 13.5. The number of furan rings is 1. The van der Waals surface area contributed by atoms with Gasteiger partial charge in [-0.3, -0.25) is 10.1 Å². The van der Waals surface area contributed by atoms with E-state index in [2.05, 4.69) is 4.98 Å². The van der Waals surface area contributed by atoms with Gasteiger partial charge in [0.2, 0.25) is 6.54 Å². The summed E-state index contributed by atoms with van der Waals surface area (Å²) in [6.45, 7) is -0.329. The third-order valence-electron chi connectivity index (χ3n) is 4.79. The molecule has 2 heterocycles. The van der Waals surface area contributed by atoms with Crippen LogP contribution in [0.25, 0.3) is 22.2 Å². The second-order valence-electron chi connectivity index (χ2n) is 6.54. The molecule has 7 nitrogen and oxygen atoms in total. The third kappa shape index (κ3) is 3.31. The lowest BCUT2D eigenvalue weighted by Crippen LogP contribution is -2.29. The van der Waals surface area contributed by atoms with E-state index in [1.54, 1.807) is 30.3 Å². The summed E-state index contributed by atoms with van der Waals surface area (Å²) in [5.74, 6) is -0.0973. The van der Waals surface area contributed by atoms with Crippen molar-refractivity contribution in [2.24, 2.45) is 0 Å². The molecule has 0 bridgehead atoms. The number of H-pyrrole nitrogens is 1. The Kier molecular flexibility index (Phi) is 4.73. The summed E-state index contributed by atoms with van der Waals surface area (Å²) in [6, 6.07) is 17.8. The molecule has 4 aromatic rings. The number of aromatic amines is 1. The van der Waals surface area contributed by atoms with Gasteiger partial charge in [0.25, 0.3) is 0 Å². The van der Waals surface area contributed by atoms with E-state index in [0.29, 0.717) is 22.5 Å². The lowest BCUT2D eigenvalue weighted by Gasteiger charge is -2.14. The maximum atomic E-state index is 11.4. The van der Waals surface area contributed by atoms with E-state index in [0.717, 1.165) is 16.5 Å². The van der Waals surface area contributed by atoms with E-state index in [1.165, 1.54) is 6.26 Å². The normalized spacial score (nSPS) is 12.2. The van der Waals surface area contributed by atoms with Gasteiger partial charge in [-0.25, -0.2) is 0 Å². The van der Waals surface area contributed by atoms with E-state index in [-0.39, 0.29) is 11.5 Å². The minimum absolute atomic E-state index is 0.329. The number of para-hydroxylation sites is 1. The minimum Gasteiger partial charge on any atom is -0.468 e. The van der Waals surface area contributed by atoms with Crippen molar-refractivity contribution in [1.82, 2.24) is 4.98 Å². The molecule has 0 fully saturated rings. The molecule has 0 aliphatic rings. The molecule has 4 rings (SSSR count). The Bertz CT molecular complexity index is 1120. The number of aromatic nitrogens is 1. The lowest BCUT2D eigenvalue weighted by atomic mass is 9.79. The zero-order valence-electron chi connectivity index (χ0n) is 14.8. The van der Waals surface area contributed by atoms with Crippen LogP contribution in [0.2, 0.25) is 0 Å². The number of hydrogen-bond donors (Lipinski definition) is 3. The predicted octanol–water partition coefficient (Wildman–Crippen LogP) is 2.52. The Morgan fingerprint density at radius 3 is 2.64 bits per heavy atom. The molecule has 1 atom stereocenters. The summed E-state index contributed by atoms with van der Waals surface area (Å²) < 4.78 is 5.52. The Morgan fingerprint density at radius 2 is 1.93 bits per heavy atom. The first-order valence-electron chi connectivity index (χ1n) is 8.77. The number of nitrogens with zero attached hydrogens (tertiary/aromatic N) is 1. The molecule has 0 spiro atoms. The van der Waals surface area contributed by atoms with Gasteiger partial charge in [-0.1, -0.05) is 42.5 Å². The van der Waals surface area contributed by atoms with Gasteiger partial charge in [-0.2, -0.15) is 0 Å². The van der Waals surface area contributed by atoms with Gasteiger partial charge in [0.1, 0.15) is 11.7 Å². The molecule has 28 heavy (non-hydrogen) atoms. The third-order valence-corrected chi connectivity index (χ3v) is 4.79. The van der Waals surface area contributed by atoms with Crippen molar-refractivity contribution in [3.8, 4) is 11.3 Å². The van der Waals surface area contributed by atoms with Crippen LogP contribution in [0.1, 0.15) is 17.2 Å². The van der Waals surface area contributed by atoms with Crippen LogP contribution >= 0.6 is 0 Å². The van der Waals surface area contributed by atoms with Gasteiger partial charge in [-0.05, 0) is 29.2 Å². The van der Waals surface area contributed by atoms with Gasteiger partial charge in [0.05, 0.1) is 12.0 Å². The van der Waals surface area contributed by atoms with Crippen molar-refractivity contribution in [2.45, 2.75) is 5.92 Å². The molecule has 1 unspecified atom stereocenters. The standard InChI is InChI=1S/C20H17BN2O5/c24-21(25)14-6-3-5-13(11-14)20-19(15-7-1-2-8-17(15)22-20)16(12-23(26)27)18-9-4-10-28-18/h1-11,16,22,24-25H,12H2. The van der Waals surface area contributed by atoms with Crippen LogP contribution in [0, 0.1) is 10.1 Å². The number of fused-ring (bicyclic) bond motifs is 1. The van der Waals surface area contributed by atoms with Crippen LogP contribution in [-0.4, -0.2) is 33.6 Å². The van der Waals surface area contributed by atoms with E-state index in [9.17, 15) is 20.2 Å². The second kappa shape index (κ2) is 7.34. The second-order valence-corrected chi connectivity index (χ2v) is 6.54. The average molecular weight is 376 g/mol. The molecule has 0 saturated heterocycles. The fourth-order valence-corrected chi connectivity index (χ4v) is 3.57. The molecule has 0 saturated carbocycles. The number of benzene rings is 2. The first kappa shape index (κ1) is 18.0. The van der Waals surface area contributed by atoms with E-state index < -0.39 is 13.0 Å². The maximum absolute atomic E-state index is 11.4. The van der Waals surface area contributed by atoms with Gasteiger partial charge in [0.15, 0.2) is 0 Å².